The van der Waals surface area contributed by atoms with Crippen LogP contribution in [-0.2, 0) is 13.1 Å². The van der Waals surface area contributed by atoms with Gasteiger partial charge in [-0.2, -0.15) is 0 Å². The van der Waals surface area contributed by atoms with Crippen LogP contribution in [0.25, 0.3) is 0 Å². The predicted molar refractivity (Wildman–Crippen MR) is 83.5 cm³/mol. The molecule has 0 amide bonds. The second-order valence-corrected chi connectivity index (χ2v) is 6.89. The fourth-order valence-corrected chi connectivity index (χ4v) is 3.15. The van der Waals surface area contributed by atoms with Crippen LogP contribution in [0.3, 0.4) is 0 Å². The standard InChI is InChI=1S/C17H30N2O/c1-12(2)18-9-16-6-7-17(20-16)11-19-10-13(3)8-14(4)15(19)5/h6-7,12-15,18H,8-11H2,1-5H3. The molecular weight excluding hydrogens is 248 g/mol. The predicted octanol–water partition coefficient (Wildman–Crippen LogP) is 3.64. The molecule has 1 aliphatic rings. The highest BCUT2D eigenvalue weighted by atomic mass is 16.3. The van der Waals surface area contributed by atoms with Crippen molar-refractivity contribution in [3.8, 4) is 0 Å². The molecule has 1 aromatic heterocycles. The Morgan fingerprint density at radius 1 is 1.25 bits per heavy atom. The second kappa shape index (κ2) is 6.77. The van der Waals surface area contributed by atoms with E-state index in [1.165, 1.54) is 13.0 Å². The van der Waals surface area contributed by atoms with E-state index in [0.717, 1.165) is 36.4 Å². The van der Waals surface area contributed by atoms with E-state index in [4.69, 9.17) is 4.42 Å². The molecule has 3 unspecified atom stereocenters. The molecule has 0 spiro atoms. The molecule has 114 valence electrons. The average molecular weight is 278 g/mol. The molecule has 0 radical (unpaired) electrons. The Hall–Kier alpha value is -0.800. The van der Waals surface area contributed by atoms with Crippen LogP contribution in [0.1, 0.15) is 52.6 Å². The van der Waals surface area contributed by atoms with Crippen LogP contribution in [0.15, 0.2) is 16.5 Å². The molecule has 0 saturated carbocycles. The lowest BCUT2D eigenvalue weighted by Crippen LogP contribution is -2.45. The van der Waals surface area contributed by atoms with Crippen LogP contribution >= 0.6 is 0 Å². The summed E-state index contributed by atoms with van der Waals surface area (Å²) in [4.78, 5) is 2.57. The minimum absolute atomic E-state index is 0.493. The van der Waals surface area contributed by atoms with Crippen molar-refractivity contribution in [2.75, 3.05) is 6.54 Å². The molecule has 1 fully saturated rings. The van der Waals surface area contributed by atoms with Crippen LogP contribution < -0.4 is 5.32 Å². The Kier molecular flexibility index (Phi) is 5.28. The maximum absolute atomic E-state index is 5.95. The van der Waals surface area contributed by atoms with Crippen molar-refractivity contribution in [1.29, 1.82) is 0 Å². The molecule has 1 saturated heterocycles. The summed E-state index contributed by atoms with van der Waals surface area (Å²) in [5.74, 6) is 3.70. The van der Waals surface area contributed by atoms with Gasteiger partial charge in [0.1, 0.15) is 11.5 Å². The van der Waals surface area contributed by atoms with E-state index < -0.39 is 0 Å². The third kappa shape index (κ3) is 4.10. The summed E-state index contributed by atoms with van der Waals surface area (Å²) < 4.78 is 5.95. The van der Waals surface area contributed by atoms with Crippen molar-refractivity contribution in [2.24, 2.45) is 11.8 Å². The van der Waals surface area contributed by atoms with Crippen molar-refractivity contribution in [1.82, 2.24) is 10.2 Å². The van der Waals surface area contributed by atoms with Gasteiger partial charge in [-0.1, -0.05) is 27.7 Å². The van der Waals surface area contributed by atoms with E-state index in [0.29, 0.717) is 12.1 Å². The number of hydrogen-bond donors (Lipinski definition) is 1. The van der Waals surface area contributed by atoms with Crippen molar-refractivity contribution in [3.05, 3.63) is 23.7 Å². The van der Waals surface area contributed by atoms with Gasteiger partial charge in [-0.25, -0.2) is 0 Å². The average Bonchev–Trinajstić information content (AvgIpc) is 2.80. The largest absolute Gasteiger partial charge is 0.463 e. The van der Waals surface area contributed by atoms with Crippen LogP contribution in [0.5, 0.6) is 0 Å². The molecule has 0 aliphatic carbocycles. The summed E-state index contributed by atoms with van der Waals surface area (Å²) in [6.07, 6.45) is 1.35. The summed E-state index contributed by atoms with van der Waals surface area (Å²) in [6, 6.07) is 5.38. The lowest BCUT2D eigenvalue weighted by Gasteiger charge is -2.40. The fourth-order valence-electron chi connectivity index (χ4n) is 3.15. The fraction of sp³-hybridized carbons (Fsp3) is 0.765. The first-order valence-corrected chi connectivity index (χ1v) is 8.00. The quantitative estimate of drug-likeness (QED) is 0.891. The number of nitrogens with zero attached hydrogens (tertiary/aromatic N) is 1. The maximum atomic E-state index is 5.95. The Bertz CT molecular complexity index is 413. The minimum Gasteiger partial charge on any atom is -0.463 e. The van der Waals surface area contributed by atoms with E-state index in [-0.39, 0.29) is 0 Å². The summed E-state index contributed by atoms with van der Waals surface area (Å²) >= 11 is 0. The molecule has 3 nitrogen and oxygen atoms in total. The highest BCUT2D eigenvalue weighted by Gasteiger charge is 2.29. The normalized spacial score (nSPS) is 28.2. The third-order valence-electron chi connectivity index (χ3n) is 4.48. The SMILES string of the molecule is CC1CC(C)C(C)N(Cc2ccc(CNC(C)C)o2)C1. The van der Waals surface area contributed by atoms with Gasteiger partial charge in [0, 0.05) is 18.6 Å². The number of rotatable bonds is 5. The molecular formula is C17H30N2O. The lowest BCUT2D eigenvalue weighted by molar-refractivity contribution is 0.0664. The first-order chi connectivity index (χ1) is 9.45. The van der Waals surface area contributed by atoms with E-state index in [1.54, 1.807) is 0 Å². The minimum atomic E-state index is 0.493. The van der Waals surface area contributed by atoms with Crippen molar-refractivity contribution in [2.45, 2.75) is 66.2 Å². The Labute approximate surface area is 123 Å². The van der Waals surface area contributed by atoms with Crippen LogP contribution in [0.4, 0.5) is 0 Å². The van der Waals surface area contributed by atoms with Gasteiger partial charge < -0.3 is 9.73 Å². The number of likely N-dealkylation sites (tertiary alicyclic amines) is 1. The molecule has 0 bridgehead atoms. The topological polar surface area (TPSA) is 28.4 Å². The zero-order valence-corrected chi connectivity index (χ0v) is 13.6. The van der Waals surface area contributed by atoms with Gasteiger partial charge in [0.15, 0.2) is 0 Å². The van der Waals surface area contributed by atoms with Gasteiger partial charge in [-0.15, -0.1) is 0 Å². The van der Waals surface area contributed by atoms with Gasteiger partial charge in [0.05, 0.1) is 13.1 Å². The highest BCUT2D eigenvalue weighted by Crippen LogP contribution is 2.28. The maximum Gasteiger partial charge on any atom is 0.118 e. The van der Waals surface area contributed by atoms with E-state index in [1.807, 2.05) is 0 Å². The zero-order chi connectivity index (χ0) is 14.7. The van der Waals surface area contributed by atoms with Crippen LogP contribution in [0, 0.1) is 11.8 Å². The number of piperidine rings is 1. The van der Waals surface area contributed by atoms with Crippen molar-refractivity contribution in [3.63, 3.8) is 0 Å². The molecule has 1 aromatic rings. The van der Waals surface area contributed by atoms with Gasteiger partial charge in [0.25, 0.3) is 0 Å². The first-order valence-electron chi connectivity index (χ1n) is 8.00. The summed E-state index contributed by atoms with van der Waals surface area (Å²) in [6.45, 7) is 14.3. The van der Waals surface area contributed by atoms with Gasteiger partial charge in [-0.3, -0.25) is 4.90 Å². The molecule has 1 aliphatic heterocycles. The van der Waals surface area contributed by atoms with Gasteiger partial charge in [0.2, 0.25) is 0 Å². The second-order valence-electron chi connectivity index (χ2n) is 6.89. The van der Waals surface area contributed by atoms with E-state index in [9.17, 15) is 0 Å². The van der Waals surface area contributed by atoms with Gasteiger partial charge in [-0.05, 0) is 37.3 Å². The molecule has 2 heterocycles. The summed E-state index contributed by atoms with van der Waals surface area (Å²) in [5.41, 5.74) is 0. The molecule has 1 N–H and O–H groups in total. The molecule has 2 rings (SSSR count). The van der Waals surface area contributed by atoms with Crippen LogP contribution in [0.2, 0.25) is 0 Å². The number of furan rings is 1. The Morgan fingerprint density at radius 3 is 2.65 bits per heavy atom. The van der Waals surface area contributed by atoms with E-state index >= 15 is 0 Å². The van der Waals surface area contributed by atoms with Gasteiger partial charge >= 0.3 is 0 Å². The summed E-state index contributed by atoms with van der Waals surface area (Å²) in [7, 11) is 0. The smallest absolute Gasteiger partial charge is 0.118 e. The Balaban J connectivity index is 1.92. The van der Waals surface area contributed by atoms with Crippen molar-refractivity contribution < 1.29 is 4.42 Å². The third-order valence-corrected chi connectivity index (χ3v) is 4.48. The van der Waals surface area contributed by atoms with Crippen molar-refractivity contribution >= 4 is 0 Å². The van der Waals surface area contributed by atoms with Crippen LogP contribution in [-0.4, -0.2) is 23.5 Å². The monoisotopic (exact) mass is 278 g/mol. The zero-order valence-electron chi connectivity index (χ0n) is 13.6. The first kappa shape index (κ1) is 15.6. The molecule has 0 aromatic carbocycles. The number of nitrogens with one attached hydrogen (secondary N) is 1. The molecule has 20 heavy (non-hydrogen) atoms. The molecule has 3 heteroatoms. The molecule has 3 atom stereocenters. The highest BCUT2D eigenvalue weighted by molar-refractivity contribution is 5.07. The van der Waals surface area contributed by atoms with E-state index in [2.05, 4.69) is 57.0 Å². The lowest BCUT2D eigenvalue weighted by atomic mass is 9.86. The Morgan fingerprint density at radius 2 is 1.95 bits per heavy atom. The number of hydrogen-bond acceptors (Lipinski definition) is 3. The summed E-state index contributed by atoms with van der Waals surface area (Å²) in [5, 5.41) is 3.39.